The fourth-order valence-corrected chi connectivity index (χ4v) is 11.2. The summed E-state index contributed by atoms with van der Waals surface area (Å²) in [6, 6.07) is 39.7. The van der Waals surface area contributed by atoms with Gasteiger partial charge in [-0.2, -0.15) is 0 Å². The Morgan fingerprint density at radius 1 is 0.458 bits per heavy atom. The van der Waals surface area contributed by atoms with Crippen LogP contribution in [0.1, 0.15) is 242 Å². The van der Waals surface area contributed by atoms with Crippen LogP contribution in [0.2, 0.25) is 0 Å². The number of nitrogens with one attached hydrogen (secondary N) is 1. The molecule has 83 heavy (non-hydrogen) atoms. The predicted octanol–water partition coefficient (Wildman–Crippen LogP) is 18.6. The third-order valence-electron chi connectivity index (χ3n) is 16.4. The van der Waals surface area contributed by atoms with E-state index in [2.05, 4.69) is 37.4 Å². The molecule has 1 aliphatic heterocycles. The molecule has 0 spiro atoms. The maximum atomic E-state index is 13.9. The van der Waals surface area contributed by atoms with Crippen LogP contribution in [0.5, 0.6) is 0 Å². The van der Waals surface area contributed by atoms with E-state index in [1.807, 2.05) is 115 Å². The minimum atomic E-state index is -0.985. The van der Waals surface area contributed by atoms with Crippen LogP contribution in [0.4, 0.5) is 0 Å². The maximum absolute atomic E-state index is 13.9. The average Bonchev–Trinajstić information content (AvgIpc) is 3.67. The molecular weight excluding hydrogens is 1030 g/mol. The number of ether oxygens (including phenoxy) is 6. The summed E-state index contributed by atoms with van der Waals surface area (Å²) in [5.41, 5.74) is 4.06. The molecule has 1 aliphatic rings. The monoisotopic (exact) mass is 1140 g/mol. The zero-order valence-electron chi connectivity index (χ0n) is 51.9. The molecule has 1 saturated heterocycles. The molecule has 0 radical (unpaired) electrons. The van der Waals surface area contributed by atoms with Gasteiger partial charge >= 0.3 is 0 Å². The lowest BCUT2D eigenvalue weighted by molar-refractivity contribution is -0.329. The second-order valence-corrected chi connectivity index (χ2v) is 23.7. The van der Waals surface area contributed by atoms with E-state index < -0.39 is 42.9 Å². The fraction of sp³-hybridized carbons (Fsp3) is 0.635. The molecule has 1 fully saturated rings. The Bertz CT molecular complexity index is 2130. The van der Waals surface area contributed by atoms with Crippen LogP contribution in [0.15, 0.2) is 133 Å². The summed E-state index contributed by atoms with van der Waals surface area (Å²) in [5, 5.41) is 15.2. The highest BCUT2D eigenvalue weighted by atomic mass is 16.7. The molecule has 7 atom stereocenters. The second-order valence-electron chi connectivity index (χ2n) is 23.7. The van der Waals surface area contributed by atoms with Gasteiger partial charge in [-0.15, -0.1) is 0 Å². The lowest BCUT2D eigenvalue weighted by Gasteiger charge is -2.46. The van der Waals surface area contributed by atoms with Crippen LogP contribution in [-0.2, 0) is 59.6 Å². The van der Waals surface area contributed by atoms with Gasteiger partial charge in [-0.25, -0.2) is 0 Å². The first-order valence-corrected chi connectivity index (χ1v) is 33.5. The van der Waals surface area contributed by atoms with Crippen molar-refractivity contribution in [2.75, 3.05) is 13.2 Å². The first kappa shape index (κ1) is 69.6. The lowest BCUT2D eigenvalue weighted by Crippen LogP contribution is -2.62. The highest BCUT2D eigenvalue weighted by Gasteiger charge is 2.49. The fourth-order valence-electron chi connectivity index (χ4n) is 11.2. The zero-order valence-corrected chi connectivity index (χ0v) is 51.9. The van der Waals surface area contributed by atoms with Crippen molar-refractivity contribution in [3.8, 4) is 0 Å². The molecule has 0 bridgehead atoms. The van der Waals surface area contributed by atoms with E-state index >= 15 is 0 Å². The zero-order chi connectivity index (χ0) is 58.3. The Labute approximate surface area is 504 Å². The number of hydrogen-bond donors (Lipinski definition) is 2. The average molecular weight is 1140 g/mol. The first-order valence-electron chi connectivity index (χ1n) is 33.5. The summed E-state index contributed by atoms with van der Waals surface area (Å²) in [5.74, 6) is -0.0875. The molecule has 462 valence electrons. The van der Waals surface area contributed by atoms with Crippen LogP contribution in [0.25, 0.3) is 0 Å². The Kier molecular flexibility index (Phi) is 39.4. The van der Waals surface area contributed by atoms with Crippen molar-refractivity contribution in [1.29, 1.82) is 0 Å². The van der Waals surface area contributed by atoms with Crippen molar-refractivity contribution in [1.82, 2.24) is 5.32 Å². The van der Waals surface area contributed by atoms with Gasteiger partial charge in [-0.1, -0.05) is 327 Å². The number of carbonyl (C=O) groups excluding carboxylic acids is 1. The van der Waals surface area contributed by atoms with E-state index in [-0.39, 0.29) is 25.7 Å². The summed E-state index contributed by atoms with van der Waals surface area (Å²) in [6.45, 7) is 5.99. The predicted molar refractivity (Wildman–Crippen MR) is 342 cm³/mol. The smallest absolute Gasteiger partial charge is 0.220 e. The third-order valence-corrected chi connectivity index (χ3v) is 16.4. The molecule has 1 amide bonds. The normalized spacial score (nSPS) is 17.9. The number of aliphatic hydroxyl groups excluding tert-OH is 1. The molecule has 4 aromatic rings. The number of aliphatic hydroxyl groups is 1. The van der Waals surface area contributed by atoms with Crippen molar-refractivity contribution in [3.63, 3.8) is 0 Å². The number of benzene rings is 4. The Morgan fingerprint density at radius 2 is 0.819 bits per heavy atom. The number of rotatable bonds is 51. The van der Waals surface area contributed by atoms with E-state index in [9.17, 15) is 9.90 Å². The molecule has 5 rings (SSSR count). The molecular formula is C74H113NO8. The molecule has 9 nitrogen and oxygen atoms in total. The van der Waals surface area contributed by atoms with Gasteiger partial charge in [0.15, 0.2) is 6.29 Å². The largest absolute Gasteiger partial charge is 0.387 e. The van der Waals surface area contributed by atoms with Gasteiger partial charge in [0, 0.05) is 6.42 Å². The molecule has 1 heterocycles. The molecule has 9 heteroatoms. The van der Waals surface area contributed by atoms with E-state index in [0.717, 1.165) is 54.4 Å². The minimum Gasteiger partial charge on any atom is -0.387 e. The summed E-state index contributed by atoms with van der Waals surface area (Å²) >= 11 is 0. The number of unbranched alkanes of at least 4 members (excludes halogenated alkanes) is 29. The van der Waals surface area contributed by atoms with E-state index in [1.165, 1.54) is 167 Å². The van der Waals surface area contributed by atoms with Gasteiger partial charge in [-0.3, -0.25) is 4.79 Å². The van der Waals surface area contributed by atoms with Gasteiger partial charge in [0.05, 0.1) is 51.8 Å². The van der Waals surface area contributed by atoms with Crippen molar-refractivity contribution < 1.29 is 38.3 Å². The third kappa shape index (κ3) is 32.2. The van der Waals surface area contributed by atoms with Crippen molar-refractivity contribution in [2.45, 2.75) is 289 Å². The summed E-state index contributed by atoms with van der Waals surface area (Å²) < 4.78 is 41.1. The highest BCUT2D eigenvalue weighted by Crippen LogP contribution is 2.32. The van der Waals surface area contributed by atoms with Crippen LogP contribution < -0.4 is 5.32 Å². The Balaban J connectivity index is 1.23. The summed E-state index contributed by atoms with van der Waals surface area (Å²) in [4.78, 5) is 13.9. The first-order chi connectivity index (χ1) is 41.0. The number of hydrogen-bond acceptors (Lipinski definition) is 8. The molecule has 0 aromatic heterocycles. The quantitative estimate of drug-likeness (QED) is 0.0333. The number of allylic oxidation sites excluding steroid dienone is 1. The van der Waals surface area contributed by atoms with Crippen LogP contribution in [0.3, 0.4) is 0 Å². The molecule has 0 saturated carbocycles. The van der Waals surface area contributed by atoms with Gasteiger partial charge < -0.3 is 38.8 Å². The van der Waals surface area contributed by atoms with Gasteiger partial charge in [0.25, 0.3) is 0 Å². The lowest BCUT2D eigenvalue weighted by atomic mass is 9.97. The van der Waals surface area contributed by atoms with Crippen molar-refractivity contribution in [2.24, 2.45) is 0 Å². The topological polar surface area (TPSA) is 105 Å². The van der Waals surface area contributed by atoms with Crippen molar-refractivity contribution in [3.05, 3.63) is 156 Å². The maximum Gasteiger partial charge on any atom is 0.220 e. The molecule has 4 aromatic carbocycles. The van der Waals surface area contributed by atoms with Gasteiger partial charge in [0.1, 0.15) is 24.4 Å². The minimum absolute atomic E-state index is 0.0245. The summed E-state index contributed by atoms with van der Waals surface area (Å²) in [6.07, 6.45) is 39.4. The van der Waals surface area contributed by atoms with E-state index in [0.29, 0.717) is 26.2 Å². The van der Waals surface area contributed by atoms with Gasteiger partial charge in [0.2, 0.25) is 5.91 Å². The SMILES string of the molecule is CCCCCCCCCCCCC/C=C/[C@@H](O)[C@H](CO[C@H]1O[C@H](COCc2ccccc2)[C@H](OCc2ccccc2)[C@H](OCc2ccccc2)[C@H]1OCc1ccccc1)NC(=O)CCCCCCCCCCCCCCCCCCCCC. The molecule has 0 unspecified atom stereocenters. The van der Waals surface area contributed by atoms with Crippen LogP contribution >= 0.6 is 0 Å². The standard InChI is InChI=1S/C74H113NO8/c1-3-5-7-9-11-13-15-17-18-19-20-21-22-24-26-28-30-32-46-56-70(77)75-67(68(76)55-45-31-29-27-25-23-16-14-12-10-8-6-4-2)61-82-74-73(81-60-66-53-43-36-44-54-66)72(80-59-65-51-41-35-42-52-65)71(79-58-64-49-39-34-40-50-64)69(83-74)62-78-57-63-47-37-33-38-48-63/h33-45,47-55,67-69,71-74,76H,3-32,46,56-62H2,1-2H3,(H,75,77)/b55-45+/t67-,68+,69+,71-,72-,73+,74-/m0/s1. The van der Waals surface area contributed by atoms with E-state index in [4.69, 9.17) is 28.4 Å². The number of amides is 1. The molecule has 2 N–H and O–H groups in total. The second kappa shape index (κ2) is 47.0. The highest BCUT2D eigenvalue weighted by molar-refractivity contribution is 5.76. The van der Waals surface area contributed by atoms with Crippen LogP contribution in [0, 0.1) is 0 Å². The Hall–Kier alpha value is -4.19. The van der Waals surface area contributed by atoms with E-state index in [1.54, 1.807) is 0 Å². The van der Waals surface area contributed by atoms with Crippen molar-refractivity contribution >= 4 is 5.91 Å². The Morgan fingerprint density at radius 3 is 1.24 bits per heavy atom. The van der Waals surface area contributed by atoms with Crippen LogP contribution in [-0.4, -0.2) is 67.1 Å². The molecule has 0 aliphatic carbocycles. The summed E-state index contributed by atoms with van der Waals surface area (Å²) in [7, 11) is 0. The number of carbonyl (C=O) groups is 1. The van der Waals surface area contributed by atoms with Gasteiger partial charge in [-0.05, 0) is 41.5 Å².